The van der Waals surface area contributed by atoms with Crippen molar-refractivity contribution in [2.24, 2.45) is 11.1 Å². The lowest BCUT2D eigenvalue weighted by Crippen LogP contribution is -2.51. The highest BCUT2D eigenvalue weighted by atomic mass is 35.5. The summed E-state index contributed by atoms with van der Waals surface area (Å²) in [5.41, 5.74) is 7.78. The molecule has 3 heterocycles. The summed E-state index contributed by atoms with van der Waals surface area (Å²) >= 11 is 7.97. The van der Waals surface area contributed by atoms with Crippen LogP contribution in [0, 0.1) is 12.3 Å². The molecule has 4 rings (SSSR count). The van der Waals surface area contributed by atoms with E-state index in [4.69, 9.17) is 32.0 Å². The van der Waals surface area contributed by atoms with E-state index < -0.39 is 7.14 Å². The van der Waals surface area contributed by atoms with Crippen LogP contribution in [0.2, 0.25) is 5.02 Å². The number of hydrogen-bond acceptors (Lipinski definition) is 8. The van der Waals surface area contributed by atoms with Crippen LogP contribution in [-0.2, 0) is 15.9 Å². The Balaban J connectivity index is 1.57. The van der Waals surface area contributed by atoms with Gasteiger partial charge < -0.3 is 25.0 Å². The molecule has 0 radical (unpaired) electrons. The molecule has 1 aromatic carbocycles. The highest BCUT2D eigenvalue weighted by molar-refractivity contribution is 7.99. The summed E-state index contributed by atoms with van der Waals surface area (Å²) < 4.78 is 18.4. The van der Waals surface area contributed by atoms with Crippen molar-refractivity contribution < 1.29 is 14.4 Å². The minimum atomic E-state index is -2.51. The molecule has 0 aliphatic carbocycles. The Hall–Kier alpha value is -1.15. The highest BCUT2D eigenvalue weighted by Crippen LogP contribution is 2.44. The van der Waals surface area contributed by atoms with Gasteiger partial charge in [0.2, 0.25) is 0 Å². The molecule has 0 bridgehead atoms. The van der Waals surface area contributed by atoms with E-state index in [-0.39, 0.29) is 24.2 Å². The number of aliphatic hydroxyl groups is 1. The number of hydrogen-bond donors (Lipinski definition) is 2. The molecule has 0 amide bonds. The standard InChI is InChI=1S/C23H32ClN4O3PS/c1-14-22(33-18-7-5-6-17(19(18)24)32(3,4)30)27-16(12-29)21(26-14)28-10-8-23(9-11-28)13-31-15(2)20(23)25/h5-7,15,20,29H,8-13,25H2,1-4H3/t15-,20+/m0/s1. The topological polar surface area (TPSA) is 102 Å². The number of halogens is 1. The van der Waals surface area contributed by atoms with Gasteiger partial charge in [-0.15, -0.1) is 0 Å². The second kappa shape index (κ2) is 9.48. The minimum absolute atomic E-state index is 0.0211. The van der Waals surface area contributed by atoms with Gasteiger partial charge in [0.1, 0.15) is 17.9 Å². The molecule has 180 valence electrons. The van der Waals surface area contributed by atoms with Crippen LogP contribution in [0.5, 0.6) is 0 Å². The first-order valence-electron chi connectivity index (χ1n) is 11.2. The summed E-state index contributed by atoms with van der Waals surface area (Å²) in [6.07, 6.45) is 1.94. The van der Waals surface area contributed by atoms with Crippen LogP contribution in [0.15, 0.2) is 28.1 Å². The number of piperidine rings is 1. The summed E-state index contributed by atoms with van der Waals surface area (Å²) in [5, 5.41) is 11.9. The molecule has 2 saturated heterocycles. The molecular formula is C23H32ClN4O3PS. The lowest BCUT2D eigenvalue weighted by molar-refractivity contribution is 0.0973. The molecule has 0 saturated carbocycles. The molecule has 2 aliphatic heterocycles. The molecule has 33 heavy (non-hydrogen) atoms. The zero-order valence-electron chi connectivity index (χ0n) is 19.5. The van der Waals surface area contributed by atoms with Crippen LogP contribution in [-0.4, -0.2) is 60.2 Å². The molecule has 3 N–H and O–H groups in total. The Morgan fingerprint density at radius 1 is 1.33 bits per heavy atom. The van der Waals surface area contributed by atoms with Crippen LogP contribution in [0.3, 0.4) is 0 Å². The number of benzene rings is 1. The molecule has 1 aromatic heterocycles. The van der Waals surface area contributed by atoms with Crippen LogP contribution < -0.4 is 15.9 Å². The van der Waals surface area contributed by atoms with Gasteiger partial charge in [0.15, 0.2) is 5.82 Å². The van der Waals surface area contributed by atoms with Gasteiger partial charge in [-0.3, -0.25) is 0 Å². The van der Waals surface area contributed by atoms with Crippen molar-refractivity contribution in [3.63, 3.8) is 0 Å². The van der Waals surface area contributed by atoms with Gasteiger partial charge in [-0.25, -0.2) is 9.97 Å². The molecular weight excluding hydrogens is 479 g/mol. The third-order valence-electron chi connectivity index (χ3n) is 6.86. The quantitative estimate of drug-likeness (QED) is 0.588. The summed E-state index contributed by atoms with van der Waals surface area (Å²) in [7, 11) is -2.51. The Morgan fingerprint density at radius 3 is 2.61 bits per heavy atom. The lowest BCUT2D eigenvalue weighted by Gasteiger charge is -2.42. The van der Waals surface area contributed by atoms with Gasteiger partial charge in [-0.2, -0.15) is 0 Å². The lowest BCUT2D eigenvalue weighted by atomic mass is 9.73. The number of ether oxygens (including phenoxy) is 1. The first kappa shape index (κ1) is 25.0. The number of rotatable bonds is 5. The van der Waals surface area contributed by atoms with Crippen molar-refractivity contribution in [2.75, 3.05) is 37.9 Å². The molecule has 0 unspecified atom stereocenters. The monoisotopic (exact) mass is 510 g/mol. The predicted molar refractivity (Wildman–Crippen MR) is 135 cm³/mol. The maximum Gasteiger partial charge on any atom is 0.153 e. The smallest absolute Gasteiger partial charge is 0.153 e. The van der Waals surface area contributed by atoms with E-state index in [0.29, 0.717) is 27.7 Å². The molecule has 10 heteroatoms. The van der Waals surface area contributed by atoms with E-state index >= 15 is 0 Å². The Labute approximate surface area is 204 Å². The van der Waals surface area contributed by atoms with E-state index in [1.807, 2.05) is 26.0 Å². The van der Waals surface area contributed by atoms with Crippen molar-refractivity contribution in [2.45, 2.75) is 55.4 Å². The Morgan fingerprint density at radius 2 is 2.03 bits per heavy atom. The third-order valence-corrected chi connectivity index (χ3v) is 10.2. The number of nitrogens with zero attached hydrogens (tertiary/aromatic N) is 3. The summed E-state index contributed by atoms with van der Waals surface area (Å²) in [4.78, 5) is 12.5. The van der Waals surface area contributed by atoms with Crippen molar-refractivity contribution in [3.8, 4) is 0 Å². The van der Waals surface area contributed by atoms with E-state index in [0.717, 1.165) is 42.3 Å². The number of aliphatic hydroxyl groups excluding tert-OH is 1. The van der Waals surface area contributed by atoms with Crippen LogP contribution in [0.1, 0.15) is 31.2 Å². The second-order valence-electron chi connectivity index (χ2n) is 9.48. The van der Waals surface area contributed by atoms with Gasteiger partial charge in [0, 0.05) is 34.7 Å². The minimum Gasteiger partial charge on any atom is -0.390 e. The van der Waals surface area contributed by atoms with Gasteiger partial charge in [-0.05, 0) is 52.2 Å². The zero-order chi connectivity index (χ0) is 24.0. The van der Waals surface area contributed by atoms with Crippen LogP contribution >= 0.6 is 30.5 Å². The molecule has 1 spiro atoms. The van der Waals surface area contributed by atoms with E-state index in [9.17, 15) is 9.67 Å². The molecule has 2 aliphatic rings. The molecule has 2 atom stereocenters. The van der Waals surface area contributed by atoms with Gasteiger partial charge in [0.25, 0.3) is 0 Å². The number of aryl methyl sites for hydroxylation is 1. The molecule has 7 nitrogen and oxygen atoms in total. The van der Waals surface area contributed by atoms with Crippen molar-refractivity contribution >= 4 is 41.6 Å². The van der Waals surface area contributed by atoms with E-state index in [1.165, 1.54) is 11.8 Å². The van der Waals surface area contributed by atoms with Crippen molar-refractivity contribution in [1.29, 1.82) is 0 Å². The summed E-state index contributed by atoms with van der Waals surface area (Å²) in [6.45, 7) is 9.48. The van der Waals surface area contributed by atoms with Crippen molar-refractivity contribution in [3.05, 3.63) is 34.6 Å². The van der Waals surface area contributed by atoms with Crippen LogP contribution in [0.25, 0.3) is 0 Å². The number of nitrogens with two attached hydrogens (primary N) is 1. The largest absolute Gasteiger partial charge is 0.390 e. The summed E-state index contributed by atoms with van der Waals surface area (Å²) in [5.74, 6) is 0.723. The fraction of sp³-hybridized carbons (Fsp3) is 0.565. The average Bonchev–Trinajstić information content (AvgIpc) is 3.04. The Kier molecular flexibility index (Phi) is 7.17. The normalized spacial score (nSPS) is 22.8. The number of anilines is 1. The van der Waals surface area contributed by atoms with Gasteiger partial charge >= 0.3 is 0 Å². The third kappa shape index (κ3) is 4.84. The zero-order valence-corrected chi connectivity index (χ0v) is 22.0. The predicted octanol–water partition coefficient (Wildman–Crippen LogP) is 3.66. The Bertz CT molecular complexity index is 1090. The maximum atomic E-state index is 12.6. The first-order valence-corrected chi connectivity index (χ1v) is 15.0. The SMILES string of the molecule is Cc1nc(N2CCC3(CC2)CO[C@@H](C)[C@H]3N)c(CO)nc1Sc1cccc(P(C)(C)=O)c1Cl. The molecule has 2 fully saturated rings. The first-order chi connectivity index (χ1) is 15.6. The van der Waals surface area contributed by atoms with Gasteiger partial charge in [0.05, 0.1) is 30.0 Å². The maximum absolute atomic E-state index is 12.6. The average molecular weight is 511 g/mol. The fourth-order valence-corrected chi connectivity index (χ4v) is 7.59. The summed E-state index contributed by atoms with van der Waals surface area (Å²) in [6, 6.07) is 5.59. The highest BCUT2D eigenvalue weighted by Gasteiger charge is 2.47. The van der Waals surface area contributed by atoms with E-state index in [2.05, 4.69) is 4.90 Å². The van der Waals surface area contributed by atoms with E-state index in [1.54, 1.807) is 19.4 Å². The van der Waals surface area contributed by atoms with Crippen LogP contribution in [0.4, 0.5) is 5.82 Å². The van der Waals surface area contributed by atoms with Crippen molar-refractivity contribution in [1.82, 2.24) is 9.97 Å². The molecule has 2 aromatic rings. The fourth-order valence-electron chi connectivity index (χ4n) is 4.72. The van der Waals surface area contributed by atoms with Gasteiger partial charge in [-0.1, -0.05) is 29.4 Å². The second-order valence-corrected chi connectivity index (χ2v) is 14.1. The number of aromatic nitrogens is 2.